The van der Waals surface area contributed by atoms with E-state index in [0.29, 0.717) is 23.2 Å². The Bertz CT molecular complexity index is 1470. The van der Waals surface area contributed by atoms with Gasteiger partial charge in [0.25, 0.3) is 5.56 Å². The summed E-state index contributed by atoms with van der Waals surface area (Å²) in [5.41, 5.74) is -0.728. The van der Waals surface area contributed by atoms with Crippen molar-refractivity contribution in [3.63, 3.8) is 0 Å². The minimum absolute atomic E-state index is 0.158. The molecule has 0 bridgehead atoms. The number of nitrogens with zero attached hydrogens (tertiary/aromatic N) is 1. The largest absolute Gasteiger partial charge is 0.494 e. The molecular weight excluding hydrogens is 425 g/mol. The highest BCUT2D eigenvalue weighted by molar-refractivity contribution is 5.85. The van der Waals surface area contributed by atoms with Gasteiger partial charge in [-0.2, -0.15) is 13.2 Å². The Labute approximate surface area is 178 Å². The summed E-state index contributed by atoms with van der Waals surface area (Å²) in [4.78, 5) is 30.6. The third-order valence-electron chi connectivity index (χ3n) is 5.70. The van der Waals surface area contributed by atoms with E-state index in [0.717, 1.165) is 34.7 Å². The molecule has 0 radical (unpaired) electrons. The number of halogens is 3. The monoisotopic (exact) mass is 442 g/mol. The van der Waals surface area contributed by atoms with Crippen LogP contribution in [0.4, 0.5) is 13.2 Å². The molecule has 1 aliphatic heterocycles. The van der Waals surface area contributed by atoms with Crippen LogP contribution in [0, 0.1) is 0 Å². The summed E-state index contributed by atoms with van der Waals surface area (Å²) in [6, 6.07) is 10.8. The van der Waals surface area contributed by atoms with Crippen molar-refractivity contribution in [2.75, 3.05) is 6.54 Å². The summed E-state index contributed by atoms with van der Waals surface area (Å²) in [6.07, 6.45) is -3.95. The average Bonchev–Trinajstić information content (AvgIpc) is 3.13. The normalized spacial score (nSPS) is 16.3. The first-order valence-corrected chi connectivity index (χ1v) is 9.84. The molecule has 0 amide bonds. The highest BCUT2D eigenvalue weighted by Crippen LogP contribution is 2.36. The van der Waals surface area contributed by atoms with Gasteiger partial charge in [0, 0.05) is 23.1 Å². The predicted molar refractivity (Wildman–Crippen MR) is 111 cm³/mol. The first kappa shape index (κ1) is 20.1. The molecule has 0 aliphatic carbocycles. The van der Waals surface area contributed by atoms with Crippen LogP contribution in [-0.2, 0) is 12.6 Å². The minimum atomic E-state index is -4.63. The third-order valence-corrected chi connectivity index (χ3v) is 5.70. The summed E-state index contributed by atoms with van der Waals surface area (Å²) < 4.78 is 40.2. The van der Waals surface area contributed by atoms with Crippen LogP contribution in [0.3, 0.4) is 0 Å². The number of hydrogen-bond acceptors (Lipinski definition) is 4. The maximum atomic E-state index is 13.2. The summed E-state index contributed by atoms with van der Waals surface area (Å²) in [7, 11) is 0. The molecule has 2 aromatic heterocycles. The van der Waals surface area contributed by atoms with Gasteiger partial charge in [-0.05, 0) is 36.2 Å². The molecule has 32 heavy (non-hydrogen) atoms. The number of alkyl halides is 3. The van der Waals surface area contributed by atoms with E-state index >= 15 is 0 Å². The summed E-state index contributed by atoms with van der Waals surface area (Å²) >= 11 is 0. The van der Waals surface area contributed by atoms with Gasteiger partial charge < -0.3 is 15.4 Å². The number of aromatic hydroxyl groups is 1. The van der Waals surface area contributed by atoms with Crippen LogP contribution in [-0.4, -0.2) is 26.2 Å². The molecule has 4 aromatic rings. The van der Waals surface area contributed by atoms with Crippen molar-refractivity contribution in [2.45, 2.75) is 18.6 Å². The van der Waals surface area contributed by atoms with Crippen LogP contribution in [0.5, 0.6) is 5.88 Å². The first-order valence-electron chi connectivity index (χ1n) is 9.84. The molecule has 3 heterocycles. The Balaban J connectivity index is 1.72. The number of rotatable bonds is 2. The van der Waals surface area contributed by atoms with E-state index in [1.54, 1.807) is 0 Å². The van der Waals surface area contributed by atoms with Gasteiger partial charge in [0.15, 0.2) is 0 Å². The molecule has 4 N–H and O–H groups in total. The van der Waals surface area contributed by atoms with Gasteiger partial charge in [-0.3, -0.25) is 9.78 Å². The highest BCUT2D eigenvalue weighted by atomic mass is 19.4. The van der Waals surface area contributed by atoms with E-state index in [9.17, 15) is 27.9 Å². The Kier molecular flexibility index (Phi) is 4.48. The highest BCUT2D eigenvalue weighted by Gasteiger charge is 2.33. The van der Waals surface area contributed by atoms with Crippen LogP contribution in [0.15, 0.2) is 58.1 Å². The maximum absolute atomic E-state index is 13.2. The lowest BCUT2D eigenvalue weighted by Gasteiger charge is -2.25. The molecule has 0 saturated heterocycles. The van der Waals surface area contributed by atoms with E-state index in [1.165, 1.54) is 6.07 Å². The predicted octanol–water partition coefficient (Wildman–Crippen LogP) is 2.97. The fraction of sp³-hybridized carbons (Fsp3) is 0.182. The van der Waals surface area contributed by atoms with E-state index in [2.05, 4.69) is 15.3 Å². The van der Waals surface area contributed by atoms with Crippen LogP contribution in [0.2, 0.25) is 0 Å². The van der Waals surface area contributed by atoms with E-state index < -0.39 is 34.9 Å². The molecule has 0 unspecified atom stereocenters. The number of nitrogens with one attached hydrogen (secondary N) is 3. The molecule has 1 atom stereocenters. The fourth-order valence-electron chi connectivity index (χ4n) is 4.29. The number of hydrogen-bond donors (Lipinski definition) is 4. The summed E-state index contributed by atoms with van der Waals surface area (Å²) in [5.74, 6) is -0.720. The number of aromatic amines is 2. The second-order valence-corrected chi connectivity index (χ2v) is 7.58. The van der Waals surface area contributed by atoms with Gasteiger partial charge in [-0.1, -0.05) is 24.3 Å². The molecule has 10 heteroatoms. The van der Waals surface area contributed by atoms with Gasteiger partial charge in [0.1, 0.15) is 5.56 Å². The average molecular weight is 442 g/mol. The number of aromatic nitrogens is 3. The Hall–Kier alpha value is -3.79. The molecule has 1 aliphatic rings. The first-order chi connectivity index (χ1) is 15.3. The summed E-state index contributed by atoms with van der Waals surface area (Å²) in [6.45, 7) is 0.501. The van der Waals surface area contributed by atoms with Crippen LogP contribution in [0.1, 0.15) is 28.4 Å². The second kappa shape index (κ2) is 7.13. The Morgan fingerprint density at radius 1 is 1.03 bits per heavy atom. The fourth-order valence-corrected chi connectivity index (χ4v) is 4.29. The second-order valence-electron chi connectivity index (χ2n) is 7.58. The molecule has 0 spiro atoms. The van der Waals surface area contributed by atoms with E-state index in [1.807, 2.05) is 24.3 Å². The molecular formula is C22H17F3N4O3. The zero-order valence-electron chi connectivity index (χ0n) is 16.5. The van der Waals surface area contributed by atoms with Crippen molar-refractivity contribution in [2.24, 2.45) is 0 Å². The SMILES string of the molecule is O=c1[nH]c(=O)n(-c2cccc(C(F)(F)F)c2)c(O)c1[C@@H]1NCCc2c1[nH]c1ccccc21. The topological polar surface area (TPSA) is 103 Å². The van der Waals surface area contributed by atoms with Gasteiger partial charge >= 0.3 is 11.9 Å². The zero-order valence-corrected chi connectivity index (χ0v) is 16.5. The third kappa shape index (κ3) is 3.11. The van der Waals surface area contributed by atoms with Crippen molar-refractivity contribution in [1.82, 2.24) is 19.9 Å². The number of benzene rings is 2. The lowest BCUT2D eigenvalue weighted by Crippen LogP contribution is -2.38. The van der Waals surface area contributed by atoms with Crippen molar-refractivity contribution < 1.29 is 18.3 Å². The standard InChI is InChI=1S/C22H17F3N4O3/c23-22(24,25)11-4-3-5-12(10-11)29-20(31)16(19(30)28-21(29)32)18-17-14(8-9-26-18)13-6-1-2-7-15(13)27-17/h1-7,10,18,26-27,31H,8-9H2,(H,28,30,32)/t18-/m0/s1. The zero-order chi connectivity index (χ0) is 22.6. The Morgan fingerprint density at radius 2 is 1.81 bits per heavy atom. The van der Waals surface area contributed by atoms with Crippen molar-refractivity contribution in [1.29, 1.82) is 0 Å². The van der Waals surface area contributed by atoms with Crippen LogP contribution in [0.25, 0.3) is 16.6 Å². The number of para-hydroxylation sites is 1. The van der Waals surface area contributed by atoms with Crippen molar-refractivity contribution >= 4 is 10.9 Å². The Morgan fingerprint density at radius 3 is 2.59 bits per heavy atom. The van der Waals surface area contributed by atoms with Crippen LogP contribution < -0.4 is 16.6 Å². The van der Waals surface area contributed by atoms with Crippen molar-refractivity contribution in [3.8, 4) is 11.6 Å². The number of fused-ring (bicyclic) bond motifs is 3. The number of H-pyrrole nitrogens is 2. The molecule has 0 fully saturated rings. The minimum Gasteiger partial charge on any atom is -0.494 e. The lowest BCUT2D eigenvalue weighted by atomic mass is 9.95. The van der Waals surface area contributed by atoms with Gasteiger partial charge in [-0.15, -0.1) is 0 Å². The lowest BCUT2D eigenvalue weighted by molar-refractivity contribution is -0.137. The quantitative estimate of drug-likeness (QED) is 0.383. The molecule has 164 valence electrons. The van der Waals surface area contributed by atoms with Gasteiger partial charge in [0.05, 0.1) is 17.3 Å². The van der Waals surface area contributed by atoms with Crippen molar-refractivity contribution in [3.05, 3.63) is 91.8 Å². The smallest absolute Gasteiger partial charge is 0.416 e. The van der Waals surface area contributed by atoms with Gasteiger partial charge in [-0.25, -0.2) is 9.36 Å². The molecule has 7 nitrogen and oxygen atoms in total. The molecule has 2 aromatic carbocycles. The van der Waals surface area contributed by atoms with Crippen LogP contribution >= 0.6 is 0 Å². The van der Waals surface area contributed by atoms with E-state index in [4.69, 9.17) is 0 Å². The maximum Gasteiger partial charge on any atom is 0.416 e. The molecule has 0 saturated carbocycles. The van der Waals surface area contributed by atoms with Gasteiger partial charge in [0.2, 0.25) is 5.88 Å². The molecule has 5 rings (SSSR count). The van der Waals surface area contributed by atoms with E-state index in [-0.39, 0.29) is 11.3 Å². The summed E-state index contributed by atoms with van der Waals surface area (Å²) in [5, 5.41) is 15.1.